The number of alkyl halides is 6. The summed E-state index contributed by atoms with van der Waals surface area (Å²) in [4.78, 5) is 26.0. The number of halogens is 7. The van der Waals surface area contributed by atoms with Crippen LogP contribution in [-0.2, 0) is 21.9 Å². The van der Waals surface area contributed by atoms with Gasteiger partial charge in [-0.05, 0) is 72.6 Å². The zero-order valence-electron chi connectivity index (χ0n) is 24.1. The number of nitrogens with zero attached hydrogens (tertiary/aromatic N) is 1. The number of methoxy groups -OCH3 is 1. The van der Waals surface area contributed by atoms with Crippen LogP contribution in [0.1, 0.15) is 75.3 Å². The summed E-state index contributed by atoms with van der Waals surface area (Å²) >= 11 is 0. The van der Waals surface area contributed by atoms with Gasteiger partial charge in [0.15, 0.2) is 0 Å². The molecule has 2 aromatic rings. The van der Waals surface area contributed by atoms with Gasteiger partial charge in [0.1, 0.15) is 17.7 Å². The summed E-state index contributed by atoms with van der Waals surface area (Å²) in [5.74, 6) is -1.01. The van der Waals surface area contributed by atoms with Crippen LogP contribution in [0.15, 0.2) is 35.9 Å². The van der Waals surface area contributed by atoms with E-state index in [1.165, 1.54) is 31.9 Å². The molecule has 4 rings (SSSR count). The lowest BCUT2D eigenvalue weighted by Gasteiger charge is -2.36. The van der Waals surface area contributed by atoms with Crippen LogP contribution in [0.4, 0.5) is 41.2 Å². The number of carbonyl (C=O) groups is 2. The summed E-state index contributed by atoms with van der Waals surface area (Å²) in [7, 11) is 1.36. The molecule has 1 aliphatic carbocycles. The third kappa shape index (κ3) is 6.91. The molecule has 0 spiro atoms. The van der Waals surface area contributed by atoms with Crippen molar-refractivity contribution in [1.82, 2.24) is 4.90 Å². The zero-order valence-corrected chi connectivity index (χ0v) is 24.1. The number of carbonyl (C=O) groups excluding carboxylic acids is 2. The van der Waals surface area contributed by atoms with Gasteiger partial charge >= 0.3 is 18.4 Å². The van der Waals surface area contributed by atoms with Gasteiger partial charge in [-0.25, -0.2) is 9.18 Å². The quantitative estimate of drug-likeness (QED) is 0.331. The van der Waals surface area contributed by atoms with Crippen LogP contribution in [-0.4, -0.2) is 36.6 Å². The Morgan fingerprint density at radius 3 is 2.21 bits per heavy atom. The Balaban J connectivity index is 1.76. The standard InChI is InChI=1S/C30H31F7N2O4/c1-15-26(17-8-19(29(32,33)34)10-20(9-17)30(35,36)37)43-27(41)39(15)14-18-13-28(3,4)7-6-21(18)22-11-24(38-16(2)40)23(31)12-25(22)42-5/h8-12,15,26H,6-7,13-14H2,1-5H3,(H,38,40)/t15-,26-/m0/s1. The lowest BCUT2D eigenvalue weighted by Crippen LogP contribution is -2.35. The minimum Gasteiger partial charge on any atom is -0.496 e. The predicted octanol–water partition coefficient (Wildman–Crippen LogP) is 8.38. The van der Waals surface area contributed by atoms with Crippen LogP contribution < -0.4 is 10.1 Å². The molecule has 6 nitrogen and oxygen atoms in total. The highest BCUT2D eigenvalue weighted by molar-refractivity contribution is 5.90. The van der Waals surface area contributed by atoms with Gasteiger partial charge in [-0.1, -0.05) is 13.8 Å². The molecule has 0 aromatic heterocycles. The van der Waals surface area contributed by atoms with E-state index in [2.05, 4.69) is 5.32 Å². The molecule has 1 fully saturated rings. The lowest BCUT2D eigenvalue weighted by atomic mass is 9.72. The average molecular weight is 617 g/mol. The first kappa shape index (κ1) is 32.2. The summed E-state index contributed by atoms with van der Waals surface area (Å²) in [6.07, 6.45) is -10.7. The van der Waals surface area contributed by atoms with Gasteiger partial charge in [-0.15, -0.1) is 0 Å². The summed E-state index contributed by atoms with van der Waals surface area (Å²) < 4.78 is 106. The average Bonchev–Trinajstić information content (AvgIpc) is 3.16. The molecule has 43 heavy (non-hydrogen) atoms. The van der Waals surface area contributed by atoms with Crippen LogP contribution in [0.25, 0.3) is 5.57 Å². The number of allylic oxidation sites excluding steroid dienone is 1. The molecule has 2 atom stereocenters. The Labute approximate surface area is 243 Å². The number of rotatable bonds is 6. The van der Waals surface area contributed by atoms with Crippen molar-refractivity contribution in [2.24, 2.45) is 5.41 Å². The molecule has 1 heterocycles. The van der Waals surface area contributed by atoms with Crippen LogP contribution in [0, 0.1) is 11.2 Å². The van der Waals surface area contributed by atoms with E-state index in [0.29, 0.717) is 30.5 Å². The Kier molecular flexibility index (Phi) is 8.51. The highest BCUT2D eigenvalue weighted by Gasteiger charge is 2.44. The van der Waals surface area contributed by atoms with Crippen molar-refractivity contribution in [1.29, 1.82) is 0 Å². The van der Waals surface area contributed by atoms with Gasteiger partial charge in [-0.2, -0.15) is 26.3 Å². The Morgan fingerprint density at radius 1 is 1.07 bits per heavy atom. The molecule has 2 aliphatic rings. The number of cyclic esters (lactones) is 1. The second-order valence-corrected chi connectivity index (χ2v) is 11.6. The lowest BCUT2D eigenvalue weighted by molar-refractivity contribution is -0.143. The first-order valence-corrected chi connectivity index (χ1v) is 13.4. The van der Waals surface area contributed by atoms with E-state index in [1.807, 2.05) is 13.8 Å². The zero-order chi connectivity index (χ0) is 32.1. The molecule has 234 valence electrons. The molecule has 0 radical (unpaired) electrons. The van der Waals surface area contributed by atoms with Gasteiger partial charge in [0.25, 0.3) is 0 Å². The fourth-order valence-electron chi connectivity index (χ4n) is 5.64. The summed E-state index contributed by atoms with van der Waals surface area (Å²) in [5.41, 5.74) is -1.77. The summed E-state index contributed by atoms with van der Waals surface area (Å²) in [5, 5.41) is 2.44. The van der Waals surface area contributed by atoms with E-state index in [1.54, 1.807) is 0 Å². The third-order valence-corrected chi connectivity index (χ3v) is 7.79. The second-order valence-electron chi connectivity index (χ2n) is 11.6. The highest BCUT2D eigenvalue weighted by atomic mass is 19.4. The van der Waals surface area contributed by atoms with Crippen LogP contribution in [0.3, 0.4) is 0 Å². The smallest absolute Gasteiger partial charge is 0.416 e. The topological polar surface area (TPSA) is 67.9 Å². The second kappa shape index (κ2) is 11.4. The highest BCUT2D eigenvalue weighted by Crippen LogP contribution is 2.47. The van der Waals surface area contributed by atoms with Gasteiger partial charge in [0.2, 0.25) is 5.91 Å². The summed E-state index contributed by atoms with van der Waals surface area (Å²) in [6, 6.07) is 2.80. The van der Waals surface area contributed by atoms with Crippen molar-refractivity contribution in [2.75, 3.05) is 19.0 Å². The van der Waals surface area contributed by atoms with E-state index in [0.717, 1.165) is 23.6 Å². The number of amides is 2. The molecule has 1 aliphatic heterocycles. The third-order valence-electron chi connectivity index (χ3n) is 7.79. The van der Waals surface area contributed by atoms with Crippen molar-refractivity contribution in [3.8, 4) is 5.75 Å². The maximum atomic E-state index is 14.7. The molecule has 1 N–H and O–H groups in total. The Hall–Kier alpha value is -3.77. The normalized spacial score (nSPS) is 20.7. The molecule has 1 saturated heterocycles. The maximum absolute atomic E-state index is 14.7. The van der Waals surface area contributed by atoms with Crippen molar-refractivity contribution in [3.05, 3.63) is 64.0 Å². The minimum atomic E-state index is -5.06. The number of benzene rings is 2. The fraction of sp³-hybridized carbons (Fsp3) is 0.467. The number of hydrogen-bond donors (Lipinski definition) is 1. The monoisotopic (exact) mass is 616 g/mol. The van der Waals surface area contributed by atoms with Gasteiger partial charge in [-0.3, -0.25) is 9.69 Å². The van der Waals surface area contributed by atoms with Crippen molar-refractivity contribution < 1.29 is 49.8 Å². The largest absolute Gasteiger partial charge is 0.496 e. The molecule has 2 amide bonds. The van der Waals surface area contributed by atoms with Crippen molar-refractivity contribution >= 4 is 23.3 Å². The van der Waals surface area contributed by atoms with Gasteiger partial charge < -0.3 is 14.8 Å². The minimum absolute atomic E-state index is 0.0230. The molecule has 0 bridgehead atoms. The molecular formula is C30H31F7N2O4. The summed E-state index contributed by atoms with van der Waals surface area (Å²) in [6.45, 7) is 6.71. The van der Waals surface area contributed by atoms with Crippen LogP contribution >= 0.6 is 0 Å². The first-order valence-electron chi connectivity index (χ1n) is 13.4. The van der Waals surface area contributed by atoms with Gasteiger partial charge in [0, 0.05) is 25.1 Å². The number of ether oxygens (including phenoxy) is 2. The molecular weight excluding hydrogens is 585 g/mol. The van der Waals surface area contributed by atoms with Crippen LogP contribution in [0.5, 0.6) is 5.75 Å². The van der Waals surface area contributed by atoms with E-state index >= 15 is 0 Å². The van der Waals surface area contributed by atoms with Crippen LogP contribution in [0.2, 0.25) is 0 Å². The SMILES string of the molecule is COc1cc(F)c(NC(C)=O)cc1C1=C(CN2C(=O)O[C@H](c3cc(C(F)(F)F)cc(C(F)(F)F)c3)[C@@H]2C)CC(C)(C)CC1. The molecule has 0 unspecified atom stereocenters. The van der Waals surface area contributed by atoms with E-state index in [-0.39, 0.29) is 29.5 Å². The number of nitrogens with one attached hydrogen (secondary N) is 1. The van der Waals surface area contributed by atoms with Crippen molar-refractivity contribution in [3.63, 3.8) is 0 Å². The Morgan fingerprint density at radius 2 is 1.67 bits per heavy atom. The van der Waals surface area contributed by atoms with E-state index < -0.39 is 59.0 Å². The number of anilines is 1. The Bertz CT molecular complexity index is 1430. The molecule has 2 aromatic carbocycles. The first-order chi connectivity index (χ1) is 19.8. The van der Waals surface area contributed by atoms with E-state index in [9.17, 15) is 40.3 Å². The van der Waals surface area contributed by atoms with Crippen molar-refractivity contribution in [2.45, 2.75) is 71.5 Å². The number of hydrogen-bond acceptors (Lipinski definition) is 4. The van der Waals surface area contributed by atoms with Gasteiger partial charge in [0.05, 0.1) is 30.0 Å². The van der Waals surface area contributed by atoms with E-state index in [4.69, 9.17) is 9.47 Å². The molecule has 13 heteroatoms. The predicted molar refractivity (Wildman–Crippen MR) is 144 cm³/mol. The maximum Gasteiger partial charge on any atom is 0.416 e. The fourth-order valence-corrected chi connectivity index (χ4v) is 5.64. The molecule has 0 saturated carbocycles.